The van der Waals surface area contributed by atoms with E-state index in [0.29, 0.717) is 0 Å². The zero-order valence-corrected chi connectivity index (χ0v) is 20.3. The normalized spacial score (nSPS) is 10.5. The van der Waals surface area contributed by atoms with Crippen molar-refractivity contribution in [3.63, 3.8) is 0 Å². The second-order valence-corrected chi connectivity index (χ2v) is 6.72. The Labute approximate surface area is 179 Å². The second-order valence-electron chi connectivity index (χ2n) is 6.72. The summed E-state index contributed by atoms with van der Waals surface area (Å²) >= 11 is 0. The Morgan fingerprint density at radius 3 is 1.17 bits per heavy atom. The Bertz CT molecular complexity index is 646. The molecule has 0 saturated carbocycles. The van der Waals surface area contributed by atoms with E-state index in [2.05, 4.69) is 0 Å². The summed E-state index contributed by atoms with van der Waals surface area (Å²) in [5.41, 5.74) is 5.71. The molecule has 0 amide bonds. The summed E-state index contributed by atoms with van der Waals surface area (Å²) in [6.45, 7) is 12.0. The minimum absolute atomic E-state index is 0. The minimum atomic E-state index is 0. The van der Waals surface area contributed by atoms with Gasteiger partial charge in [-0.15, -0.1) is 11.5 Å². The van der Waals surface area contributed by atoms with E-state index in [9.17, 15) is 10.2 Å². The number of benzene rings is 2. The molecule has 0 unspecified atom stereocenters. The van der Waals surface area contributed by atoms with E-state index in [0.717, 1.165) is 33.4 Å². The van der Waals surface area contributed by atoms with E-state index in [1.54, 1.807) is 12.1 Å². The second kappa shape index (κ2) is 9.27. The van der Waals surface area contributed by atoms with Crippen molar-refractivity contribution in [2.24, 2.45) is 0 Å². The van der Waals surface area contributed by atoms with Crippen molar-refractivity contribution in [3.8, 4) is 22.6 Å². The largest absolute Gasteiger partial charge is 0.872 e. The van der Waals surface area contributed by atoms with E-state index in [1.165, 1.54) is 0 Å². The molecular weight excluding hydrogens is 526 g/mol. The lowest BCUT2D eigenvalue weighted by Gasteiger charge is -2.24. The van der Waals surface area contributed by atoms with Gasteiger partial charge < -0.3 is 10.2 Å². The molecule has 4 heteroatoms. The van der Waals surface area contributed by atoms with E-state index >= 15 is 0 Å². The van der Waals surface area contributed by atoms with Crippen molar-refractivity contribution in [2.45, 2.75) is 53.4 Å². The fraction of sp³-hybridized carbons (Fsp3) is 0.400. The van der Waals surface area contributed by atoms with Crippen LogP contribution in [0.2, 0.25) is 0 Å². The molecular formula is C20H28I2O2. The summed E-state index contributed by atoms with van der Waals surface area (Å²) in [5.74, 6) is 0.572. The van der Waals surface area contributed by atoms with Gasteiger partial charge in [-0.1, -0.05) is 63.1 Å². The smallest absolute Gasteiger partial charge is 0.235 e. The number of hydrogen-bond acceptors (Lipinski definition) is 2. The van der Waals surface area contributed by atoms with Crippen LogP contribution in [0.4, 0.5) is 0 Å². The average Bonchev–Trinajstić information content (AvgIpc) is 2.39. The topological polar surface area (TPSA) is 46.1 Å². The highest BCUT2D eigenvalue weighted by Crippen LogP contribution is 2.37. The van der Waals surface area contributed by atoms with Crippen LogP contribution in [0.15, 0.2) is 24.3 Å². The number of hydrogen-bond donors (Lipinski definition) is 0. The van der Waals surface area contributed by atoms with Crippen LogP contribution in [-0.2, 0) is 0 Å². The molecule has 0 aliphatic heterocycles. The molecule has 134 valence electrons. The van der Waals surface area contributed by atoms with Gasteiger partial charge in [-0.3, -0.25) is 0 Å². The van der Waals surface area contributed by atoms with Gasteiger partial charge in [0.15, 0.2) is 0 Å². The molecule has 0 heterocycles. The maximum absolute atomic E-state index is 12.1. The third-order valence-electron chi connectivity index (χ3n) is 4.25. The summed E-state index contributed by atoms with van der Waals surface area (Å²) in [7, 11) is 0. The molecule has 0 spiro atoms. The van der Waals surface area contributed by atoms with Gasteiger partial charge in [-0.25, -0.2) is 0 Å². The summed E-state index contributed by atoms with van der Waals surface area (Å²) < 4.78 is 0. The van der Waals surface area contributed by atoms with E-state index in [4.69, 9.17) is 0 Å². The van der Waals surface area contributed by atoms with Crippen molar-refractivity contribution in [1.82, 2.24) is 0 Å². The lowest BCUT2D eigenvalue weighted by atomic mass is 9.88. The quantitative estimate of drug-likeness (QED) is 0.389. The average molecular weight is 554 g/mol. The van der Waals surface area contributed by atoms with Crippen LogP contribution in [-0.4, -0.2) is 0 Å². The molecule has 0 N–H and O–H groups in total. The first-order valence-electron chi connectivity index (χ1n) is 7.85. The van der Waals surface area contributed by atoms with Crippen LogP contribution >= 0.6 is 0 Å². The Morgan fingerprint density at radius 1 is 0.625 bits per heavy atom. The van der Waals surface area contributed by atoms with Gasteiger partial charge >= 0.3 is 0 Å². The minimum Gasteiger partial charge on any atom is -0.872 e. The van der Waals surface area contributed by atoms with Crippen LogP contribution in [0.1, 0.15) is 61.8 Å². The molecule has 24 heavy (non-hydrogen) atoms. The number of aryl methyl sites for hydroxylation is 2. The van der Waals surface area contributed by atoms with Crippen LogP contribution in [0.3, 0.4) is 0 Å². The van der Waals surface area contributed by atoms with Crippen LogP contribution in [0.5, 0.6) is 11.5 Å². The van der Waals surface area contributed by atoms with E-state index < -0.39 is 0 Å². The molecule has 2 rings (SSSR count). The monoisotopic (exact) mass is 554 g/mol. The van der Waals surface area contributed by atoms with Gasteiger partial charge in [0.1, 0.15) is 0 Å². The van der Waals surface area contributed by atoms with Gasteiger partial charge in [-0.05, 0) is 47.9 Å². The molecule has 0 bridgehead atoms. The Hall–Kier alpha value is -0.500. The van der Waals surface area contributed by atoms with E-state index in [-0.39, 0.29) is 71.3 Å². The highest BCUT2D eigenvalue weighted by Gasteiger charge is 2.12. The maximum Gasteiger partial charge on any atom is 0.235 e. The lowest BCUT2D eigenvalue weighted by molar-refractivity contribution is -0.270. The van der Waals surface area contributed by atoms with Gasteiger partial charge in [0, 0.05) is 0 Å². The maximum atomic E-state index is 12.1. The summed E-state index contributed by atoms with van der Waals surface area (Å²) in [4.78, 5) is 0. The highest BCUT2D eigenvalue weighted by atomic mass is 127. The molecule has 0 atom stereocenters. The number of halogens is 2. The zero-order valence-electron chi connectivity index (χ0n) is 15.2. The van der Waals surface area contributed by atoms with Gasteiger partial charge in [0.2, 0.25) is 48.0 Å². The van der Waals surface area contributed by atoms with Gasteiger partial charge in [0.05, 0.1) is 0 Å². The Morgan fingerprint density at radius 2 is 0.917 bits per heavy atom. The molecule has 2 aromatic rings. The standard InChI is InChI=1S/C20H26O2.2H2I/c1-11(2)15-9-17(13(5)7-19(15)21)18-10-16(12(3)4)20(22)8-14(18)6;;/h7-12,21-22H,1-6H3;2*1H2/q;2*+1/p-2. The third-order valence-corrected chi connectivity index (χ3v) is 4.25. The highest BCUT2D eigenvalue weighted by molar-refractivity contribution is 5.74. The zero-order chi connectivity index (χ0) is 16.6. The Balaban J connectivity index is 0.00000264. The predicted molar refractivity (Wildman–Crippen MR) is 94.0 cm³/mol. The molecule has 0 radical (unpaired) electrons. The van der Waals surface area contributed by atoms with Crippen LogP contribution in [0.25, 0.3) is 11.1 Å². The lowest BCUT2D eigenvalue weighted by Crippen LogP contribution is -3.00. The fourth-order valence-corrected chi connectivity index (χ4v) is 2.88. The molecule has 0 fully saturated rings. The first-order valence-corrected chi connectivity index (χ1v) is 7.85. The van der Waals surface area contributed by atoms with Crippen molar-refractivity contribution >= 4 is 0 Å². The molecule has 0 saturated heterocycles. The first kappa shape index (κ1) is 23.5. The number of rotatable bonds is 3. The van der Waals surface area contributed by atoms with Gasteiger partial charge in [0.25, 0.3) is 0 Å². The van der Waals surface area contributed by atoms with Crippen molar-refractivity contribution in [1.29, 1.82) is 0 Å². The van der Waals surface area contributed by atoms with Crippen LogP contribution in [0, 0.1) is 13.8 Å². The van der Waals surface area contributed by atoms with Crippen molar-refractivity contribution in [2.75, 3.05) is 0 Å². The fourth-order valence-electron chi connectivity index (χ4n) is 2.88. The van der Waals surface area contributed by atoms with Crippen molar-refractivity contribution in [3.05, 3.63) is 46.5 Å². The van der Waals surface area contributed by atoms with Crippen molar-refractivity contribution < 1.29 is 58.2 Å². The summed E-state index contributed by atoms with van der Waals surface area (Å²) in [6.07, 6.45) is 0. The molecule has 2 nitrogen and oxygen atoms in total. The third kappa shape index (κ3) is 4.77. The summed E-state index contributed by atoms with van der Waals surface area (Å²) in [6, 6.07) is 7.42. The molecule has 0 aliphatic rings. The van der Waals surface area contributed by atoms with E-state index in [1.807, 2.05) is 53.7 Å². The summed E-state index contributed by atoms with van der Waals surface area (Å²) in [5, 5.41) is 24.3. The Kier molecular flexibility index (Phi) is 9.07. The van der Waals surface area contributed by atoms with Gasteiger partial charge in [-0.2, -0.15) is 0 Å². The predicted octanol–water partition coefficient (Wildman–Crippen LogP) is -2.70. The van der Waals surface area contributed by atoms with Crippen LogP contribution < -0.4 is 58.2 Å². The molecule has 2 aromatic carbocycles. The molecule has 0 aliphatic carbocycles. The molecule has 0 aromatic heterocycles. The SMILES string of the molecule is Cc1cc([O-])c(C(C)C)cc1-c1cc(C(C)C)c([O-])cc1C.[IH2+].[IH2+]. The first-order chi connectivity index (χ1) is 10.2.